The molecule has 1 aromatic carbocycles. The number of hydrogen-bond donors (Lipinski definition) is 1. The summed E-state index contributed by atoms with van der Waals surface area (Å²) < 4.78 is 29.5. The minimum absolute atomic E-state index is 0.247. The first kappa shape index (κ1) is 20.0. The summed E-state index contributed by atoms with van der Waals surface area (Å²) in [6.07, 6.45) is 0. The molecule has 0 atom stereocenters. The molecule has 7 nitrogen and oxygen atoms in total. The van der Waals surface area contributed by atoms with Crippen molar-refractivity contribution in [2.24, 2.45) is 0 Å². The predicted molar refractivity (Wildman–Crippen MR) is 104 cm³/mol. The minimum atomic E-state index is -0.446. The van der Waals surface area contributed by atoms with Gasteiger partial charge in [0.05, 0.1) is 6.61 Å². The highest BCUT2D eigenvalue weighted by Gasteiger charge is 2.23. The first-order valence-corrected chi connectivity index (χ1v) is 9.10. The second-order valence-electron chi connectivity index (χ2n) is 5.75. The largest absolute Gasteiger partial charge is 0.474 e. The van der Waals surface area contributed by atoms with Gasteiger partial charge in [0.25, 0.3) is 5.91 Å². The Kier molecular flexibility index (Phi) is 6.37. The maximum Gasteiger partial charge on any atom is 0.261 e. The van der Waals surface area contributed by atoms with E-state index in [4.69, 9.17) is 14.0 Å². The summed E-state index contributed by atoms with van der Waals surface area (Å²) in [6.45, 7) is 2.28. The van der Waals surface area contributed by atoms with Crippen molar-refractivity contribution in [1.82, 2.24) is 10.1 Å². The van der Waals surface area contributed by atoms with Crippen molar-refractivity contribution in [3.05, 3.63) is 58.1 Å². The van der Waals surface area contributed by atoms with E-state index >= 15 is 0 Å². The number of anilines is 1. The quantitative estimate of drug-likeness (QED) is 0.429. The molecular weight excluding hydrogens is 433 g/mol. The lowest BCUT2D eigenvalue weighted by Crippen LogP contribution is -2.15. The lowest BCUT2D eigenvalue weighted by atomic mass is 10.1. The van der Waals surface area contributed by atoms with Crippen molar-refractivity contribution in [3.63, 3.8) is 0 Å². The highest BCUT2D eigenvalue weighted by molar-refractivity contribution is 9.10. The number of ether oxygens (including phenoxy) is 2. The topological polar surface area (TPSA) is 86.5 Å². The van der Waals surface area contributed by atoms with Crippen LogP contribution < -0.4 is 10.1 Å². The third-order valence-corrected chi connectivity index (χ3v) is 4.25. The van der Waals surface area contributed by atoms with Crippen LogP contribution in [0.1, 0.15) is 16.1 Å². The van der Waals surface area contributed by atoms with Gasteiger partial charge in [0.1, 0.15) is 39.7 Å². The zero-order valence-electron chi connectivity index (χ0n) is 15.2. The van der Waals surface area contributed by atoms with Crippen LogP contribution in [0.4, 0.5) is 10.1 Å². The summed E-state index contributed by atoms with van der Waals surface area (Å²) in [6, 6.07) is 8.99. The maximum absolute atomic E-state index is 13.2. The molecule has 1 N–H and O–H groups in total. The van der Waals surface area contributed by atoms with Crippen LogP contribution >= 0.6 is 15.9 Å². The van der Waals surface area contributed by atoms with Gasteiger partial charge in [0.2, 0.25) is 5.88 Å². The van der Waals surface area contributed by atoms with Crippen LogP contribution in [0.15, 0.2) is 45.5 Å². The molecule has 3 aromatic rings. The monoisotopic (exact) mass is 449 g/mol. The molecule has 2 aromatic heterocycles. The molecular formula is C19H17BrFN3O4. The van der Waals surface area contributed by atoms with Gasteiger partial charge in [0.15, 0.2) is 0 Å². The smallest absolute Gasteiger partial charge is 0.261 e. The lowest BCUT2D eigenvalue weighted by Gasteiger charge is -2.12. The minimum Gasteiger partial charge on any atom is -0.474 e. The van der Waals surface area contributed by atoms with E-state index in [2.05, 4.69) is 31.4 Å². The highest BCUT2D eigenvalue weighted by atomic mass is 79.9. The van der Waals surface area contributed by atoms with E-state index in [0.29, 0.717) is 33.9 Å². The molecule has 0 unspecified atom stereocenters. The van der Waals surface area contributed by atoms with E-state index in [1.54, 1.807) is 26.2 Å². The van der Waals surface area contributed by atoms with Crippen molar-refractivity contribution < 1.29 is 23.2 Å². The van der Waals surface area contributed by atoms with Crippen molar-refractivity contribution in [3.8, 4) is 17.1 Å². The number of aryl methyl sites for hydroxylation is 1. The molecule has 2 heterocycles. The van der Waals surface area contributed by atoms with E-state index < -0.39 is 5.91 Å². The van der Waals surface area contributed by atoms with Gasteiger partial charge < -0.3 is 19.3 Å². The van der Waals surface area contributed by atoms with Gasteiger partial charge >= 0.3 is 0 Å². The number of nitrogens with zero attached hydrogens (tertiary/aromatic N) is 2. The molecule has 0 spiro atoms. The van der Waals surface area contributed by atoms with Gasteiger partial charge in [-0.1, -0.05) is 5.16 Å². The summed E-state index contributed by atoms with van der Waals surface area (Å²) in [5, 5.41) is 6.71. The van der Waals surface area contributed by atoms with Gasteiger partial charge in [-0.25, -0.2) is 9.37 Å². The van der Waals surface area contributed by atoms with E-state index in [1.165, 1.54) is 24.3 Å². The number of aromatic nitrogens is 2. The fourth-order valence-corrected chi connectivity index (χ4v) is 2.77. The number of amides is 1. The molecule has 3 rings (SSSR count). The van der Waals surface area contributed by atoms with Crippen LogP contribution in [0, 0.1) is 12.7 Å². The van der Waals surface area contributed by atoms with Gasteiger partial charge in [-0.05, 0) is 59.3 Å². The van der Waals surface area contributed by atoms with Crippen LogP contribution in [0.25, 0.3) is 11.3 Å². The average Bonchev–Trinajstić information content (AvgIpc) is 3.06. The molecule has 0 bridgehead atoms. The zero-order chi connectivity index (χ0) is 20.1. The Morgan fingerprint density at radius 3 is 2.68 bits per heavy atom. The summed E-state index contributed by atoms with van der Waals surface area (Å²) in [5.41, 5.74) is 1.52. The molecule has 0 saturated carbocycles. The summed E-state index contributed by atoms with van der Waals surface area (Å²) >= 11 is 3.28. The number of methoxy groups -OCH3 is 1. The van der Waals surface area contributed by atoms with Crippen molar-refractivity contribution in [2.45, 2.75) is 6.92 Å². The van der Waals surface area contributed by atoms with Gasteiger partial charge in [-0.15, -0.1) is 0 Å². The van der Waals surface area contributed by atoms with Crippen LogP contribution in [0.5, 0.6) is 5.88 Å². The third-order valence-electron chi connectivity index (χ3n) is 3.81. The Labute approximate surface area is 169 Å². The Morgan fingerprint density at radius 2 is 1.96 bits per heavy atom. The second kappa shape index (κ2) is 8.94. The molecule has 0 aliphatic rings. The average molecular weight is 450 g/mol. The second-order valence-corrected chi connectivity index (χ2v) is 6.56. The van der Waals surface area contributed by atoms with E-state index in [9.17, 15) is 9.18 Å². The molecule has 0 aliphatic heterocycles. The lowest BCUT2D eigenvalue weighted by molar-refractivity contribution is 0.102. The molecule has 28 heavy (non-hydrogen) atoms. The first-order valence-electron chi connectivity index (χ1n) is 8.31. The van der Waals surface area contributed by atoms with Crippen LogP contribution in [0.2, 0.25) is 0 Å². The van der Waals surface area contributed by atoms with Gasteiger partial charge in [0, 0.05) is 12.7 Å². The molecule has 1 amide bonds. The fourth-order valence-electron chi connectivity index (χ4n) is 2.47. The number of carbonyl (C=O) groups excluding carboxylic acids is 1. The summed E-state index contributed by atoms with van der Waals surface area (Å²) in [4.78, 5) is 17.2. The first-order chi connectivity index (χ1) is 13.5. The number of benzene rings is 1. The highest BCUT2D eigenvalue weighted by Crippen LogP contribution is 2.29. The molecule has 0 saturated heterocycles. The number of halogens is 2. The number of pyridine rings is 1. The van der Waals surface area contributed by atoms with Crippen LogP contribution in [0.3, 0.4) is 0 Å². The standard InChI is InChI=1S/C19H17BrFN3O4/c1-11-16(17(24-28-11)12-3-5-13(21)6-4-12)18(25)22-14-7-8-15(20)23-19(14)27-10-9-26-2/h3-8H,9-10H2,1-2H3,(H,22,25). The molecule has 0 radical (unpaired) electrons. The fraction of sp³-hybridized carbons (Fsp3) is 0.211. The Bertz CT molecular complexity index is 976. The van der Waals surface area contributed by atoms with Crippen LogP contribution in [-0.4, -0.2) is 36.4 Å². The number of nitrogens with one attached hydrogen (secondary N) is 1. The van der Waals surface area contributed by atoms with E-state index in [-0.39, 0.29) is 23.9 Å². The van der Waals surface area contributed by atoms with Crippen molar-refractivity contribution in [1.29, 1.82) is 0 Å². The van der Waals surface area contributed by atoms with Crippen molar-refractivity contribution in [2.75, 3.05) is 25.6 Å². The zero-order valence-corrected chi connectivity index (χ0v) is 16.7. The summed E-state index contributed by atoms with van der Waals surface area (Å²) in [5.74, 6) is -0.242. The molecule has 146 valence electrons. The van der Waals surface area contributed by atoms with E-state index in [0.717, 1.165) is 0 Å². The molecule has 9 heteroatoms. The summed E-state index contributed by atoms with van der Waals surface area (Å²) in [7, 11) is 1.56. The van der Waals surface area contributed by atoms with E-state index in [1.807, 2.05) is 0 Å². The molecule has 0 aliphatic carbocycles. The molecule has 0 fully saturated rings. The Morgan fingerprint density at radius 1 is 1.21 bits per heavy atom. The van der Waals surface area contributed by atoms with Crippen LogP contribution in [-0.2, 0) is 4.74 Å². The Balaban J connectivity index is 1.88. The predicted octanol–water partition coefficient (Wildman–Crippen LogP) is 4.22. The van der Waals surface area contributed by atoms with Gasteiger partial charge in [-0.3, -0.25) is 4.79 Å². The third kappa shape index (κ3) is 4.55. The number of hydrogen-bond acceptors (Lipinski definition) is 6. The van der Waals surface area contributed by atoms with Gasteiger partial charge in [-0.2, -0.15) is 0 Å². The SMILES string of the molecule is COCCOc1nc(Br)ccc1NC(=O)c1c(-c2ccc(F)cc2)noc1C. The Hall–Kier alpha value is -2.78. The number of carbonyl (C=O) groups is 1. The normalized spacial score (nSPS) is 10.7. The number of rotatable bonds is 7. The maximum atomic E-state index is 13.2. The van der Waals surface area contributed by atoms with Crippen molar-refractivity contribution >= 4 is 27.5 Å².